The van der Waals surface area contributed by atoms with Crippen LogP contribution in [0.15, 0.2) is 42.5 Å². The molecule has 0 aliphatic rings. The summed E-state index contributed by atoms with van der Waals surface area (Å²) in [6, 6.07) is 10.8. The summed E-state index contributed by atoms with van der Waals surface area (Å²) >= 11 is 0. The van der Waals surface area contributed by atoms with Crippen LogP contribution >= 0.6 is 0 Å². The van der Waals surface area contributed by atoms with E-state index in [2.05, 4.69) is 4.74 Å². The molecule has 1 atom stereocenters. The predicted molar refractivity (Wildman–Crippen MR) is 66.8 cm³/mol. The van der Waals surface area contributed by atoms with Crippen LogP contribution < -0.4 is 29.6 Å². The molecule has 2 aromatic carbocycles. The average molecular weight is 269 g/mol. The first kappa shape index (κ1) is 15.6. The number of fused-ring (bicyclic) bond motifs is 1. The van der Waals surface area contributed by atoms with Gasteiger partial charge in [-0.15, -0.1) is 0 Å². The van der Waals surface area contributed by atoms with Crippen LogP contribution in [0.3, 0.4) is 0 Å². The van der Waals surface area contributed by atoms with Crippen molar-refractivity contribution in [3.8, 4) is 0 Å². The molecule has 0 aromatic heterocycles. The number of carbonyl (C=O) groups is 1. The summed E-state index contributed by atoms with van der Waals surface area (Å²) in [6.07, 6.45) is 0. The second-order valence-corrected chi connectivity index (χ2v) is 3.78. The van der Waals surface area contributed by atoms with E-state index in [1.165, 1.54) is 0 Å². The van der Waals surface area contributed by atoms with E-state index in [-0.39, 0.29) is 31.0 Å². The molecule has 19 heavy (non-hydrogen) atoms. The van der Waals surface area contributed by atoms with Crippen LogP contribution in [0, 0.1) is 10.1 Å². The van der Waals surface area contributed by atoms with Gasteiger partial charge in [0.15, 0.2) is 0 Å². The van der Waals surface area contributed by atoms with Gasteiger partial charge in [0.1, 0.15) is 0 Å². The molecule has 0 saturated heterocycles. The summed E-state index contributed by atoms with van der Waals surface area (Å²) in [5, 5.41) is 12.6. The number of nitrogens with zero attached hydrogens (tertiary/aromatic N) is 1. The fourth-order valence-electron chi connectivity index (χ4n) is 1.93. The Kier molecular flexibility index (Phi) is 5.47. The minimum Gasteiger partial charge on any atom is -1.00 e. The van der Waals surface area contributed by atoms with Gasteiger partial charge < -0.3 is 6.16 Å². The molecular weight excluding hydrogens is 257 g/mol. The maximum Gasteiger partial charge on any atom is 1.00 e. The number of esters is 1. The van der Waals surface area contributed by atoms with E-state index >= 15 is 0 Å². The Morgan fingerprint density at radius 1 is 1.26 bits per heavy atom. The maximum atomic E-state index is 11.5. The third-order valence-corrected chi connectivity index (χ3v) is 2.75. The number of carbonyl (C=O) groups excluding carboxylic acids is 1. The van der Waals surface area contributed by atoms with Gasteiger partial charge in [0.25, 0.3) is 0 Å². The van der Waals surface area contributed by atoms with Crippen molar-refractivity contribution < 1.29 is 45.4 Å². The van der Waals surface area contributed by atoms with Gasteiger partial charge in [0, 0.05) is 10.5 Å². The topological polar surface area (TPSA) is 69.4 Å². The van der Waals surface area contributed by atoms with Crippen LogP contribution in [0.5, 0.6) is 0 Å². The van der Waals surface area contributed by atoms with Gasteiger partial charge in [0.05, 0.1) is 7.11 Å². The molecule has 0 N–H and O–H groups in total. The number of nitro groups is 1. The number of methoxy groups -OCH3 is 1. The van der Waals surface area contributed by atoms with Crippen molar-refractivity contribution in [2.75, 3.05) is 7.11 Å². The third-order valence-electron chi connectivity index (χ3n) is 2.75. The Morgan fingerprint density at radius 3 is 2.53 bits per heavy atom. The van der Waals surface area contributed by atoms with Gasteiger partial charge in [-0.3, -0.25) is 10.1 Å². The van der Waals surface area contributed by atoms with E-state index in [1.807, 2.05) is 18.2 Å². The minimum absolute atomic E-state index is 0. The quantitative estimate of drug-likeness (QED) is 0.324. The van der Waals surface area contributed by atoms with E-state index in [0.29, 0.717) is 10.9 Å². The Balaban J connectivity index is 0.00000180. The van der Waals surface area contributed by atoms with Gasteiger partial charge in [0.2, 0.25) is 0 Å². The van der Waals surface area contributed by atoms with Gasteiger partial charge in [-0.25, -0.2) is 4.79 Å². The third kappa shape index (κ3) is 3.12. The molecule has 0 aliphatic heterocycles. The van der Waals surface area contributed by atoms with Crippen LogP contribution in [-0.4, -0.2) is 18.0 Å². The van der Waals surface area contributed by atoms with Crippen LogP contribution in [0.2, 0.25) is 0 Å². The molecule has 1 unspecified atom stereocenters. The van der Waals surface area contributed by atoms with E-state index in [4.69, 9.17) is 0 Å². The Hall–Kier alpha value is -1.43. The number of benzene rings is 2. The second-order valence-electron chi connectivity index (χ2n) is 3.78. The van der Waals surface area contributed by atoms with Crippen LogP contribution in [0.4, 0.5) is 0 Å². The molecule has 0 fully saturated rings. The molecule has 0 radical (unpaired) electrons. The van der Waals surface area contributed by atoms with Gasteiger partial charge >= 0.3 is 41.6 Å². The minimum atomic E-state index is -1.49. The van der Waals surface area contributed by atoms with Crippen molar-refractivity contribution in [3.05, 3.63) is 58.1 Å². The maximum absolute atomic E-state index is 11.5. The van der Waals surface area contributed by atoms with E-state index in [1.54, 1.807) is 24.3 Å². The predicted octanol–water partition coefficient (Wildman–Crippen LogP) is -0.553. The molecule has 0 aliphatic carbocycles. The van der Waals surface area contributed by atoms with Crippen molar-refractivity contribution in [1.29, 1.82) is 0 Å². The van der Waals surface area contributed by atoms with Crippen LogP contribution in [0.1, 0.15) is 13.0 Å². The summed E-state index contributed by atoms with van der Waals surface area (Å²) in [7, 11) is 1.14. The molecule has 0 bridgehead atoms. The zero-order chi connectivity index (χ0) is 13.1. The smallest absolute Gasteiger partial charge is 1.00 e. The SMILES string of the molecule is COC(=O)C(c1cccc2ccccc12)[N+](=O)[O-].[H-].[Na+]. The molecule has 2 rings (SSSR count). The fraction of sp³-hybridized carbons (Fsp3) is 0.154. The van der Waals surface area contributed by atoms with E-state index in [0.717, 1.165) is 12.5 Å². The first-order valence-electron chi connectivity index (χ1n) is 5.34. The summed E-state index contributed by atoms with van der Waals surface area (Å²) in [4.78, 5) is 22.0. The summed E-state index contributed by atoms with van der Waals surface area (Å²) in [5.74, 6) is -0.864. The zero-order valence-electron chi connectivity index (χ0n) is 11.7. The summed E-state index contributed by atoms with van der Waals surface area (Å²) in [5.41, 5.74) is 0.352. The standard InChI is InChI=1S/C13H11NO4.Na.H/c1-18-13(15)12(14(16)17)11-8-4-6-9-5-2-3-7-10(9)11;;/h2-8,12H,1H3;;/q;+1;-1. The number of hydrogen-bond acceptors (Lipinski definition) is 4. The van der Waals surface area contributed by atoms with Crippen LogP contribution in [-0.2, 0) is 9.53 Å². The number of rotatable bonds is 3. The molecule has 0 spiro atoms. The average Bonchev–Trinajstić information content (AvgIpc) is 2.38. The summed E-state index contributed by atoms with van der Waals surface area (Å²) < 4.78 is 4.50. The summed E-state index contributed by atoms with van der Waals surface area (Å²) in [6.45, 7) is 0. The van der Waals surface area contributed by atoms with Crippen molar-refractivity contribution in [2.45, 2.75) is 6.04 Å². The second kappa shape index (κ2) is 6.65. The fourth-order valence-corrected chi connectivity index (χ4v) is 1.93. The monoisotopic (exact) mass is 269 g/mol. The van der Waals surface area contributed by atoms with Crippen molar-refractivity contribution in [1.82, 2.24) is 0 Å². The number of hydrogen-bond donors (Lipinski definition) is 0. The normalized spacial score (nSPS) is 11.4. The van der Waals surface area contributed by atoms with Gasteiger partial charge in [-0.1, -0.05) is 42.5 Å². The van der Waals surface area contributed by atoms with E-state index in [9.17, 15) is 14.9 Å². The first-order chi connectivity index (χ1) is 8.65. The Bertz CT molecular complexity index is 615. The molecule has 6 heteroatoms. The first-order valence-corrected chi connectivity index (χ1v) is 5.34. The molecular formula is C13H12NNaO4. The van der Waals surface area contributed by atoms with Crippen molar-refractivity contribution in [2.24, 2.45) is 0 Å². The Labute approximate surface area is 133 Å². The van der Waals surface area contributed by atoms with E-state index < -0.39 is 16.9 Å². The van der Waals surface area contributed by atoms with Gasteiger partial charge in [-0.05, 0) is 10.8 Å². The molecule has 0 heterocycles. The molecule has 0 amide bonds. The molecule has 0 saturated carbocycles. The number of ether oxygens (including phenoxy) is 1. The largest absolute Gasteiger partial charge is 1.00 e. The van der Waals surface area contributed by atoms with Gasteiger partial charge in [-0.2, -0.15) is 0 Å². The van der Waals surface area contributed by atoms with Crippen LogP contribution in [0.25, 0.3) is 10.8 Å². The molecule has 94 valence electrons. The van der Waals surface area contributed by atoms with Crippen molar-refractivity contribution in [3.63, 3.8) is 0 Å². The van der Waals surface area contributed by atoms with Crippen molar-refractivity contribution >= 4 is 16.7 Å². The molecule has 5 nitrogen and oxygen atoms in total. The Morgan fingerprint density at radius 2 is 1.89 bits per heavy atom. The molecule has 2 aromatic rings. The zero-order valence-corrected chi connectivity index (χ0v) is 12.7.